The topological polar surface area (TPSA) is 62.5 Å². The van der Waals surface area contributed by atoms with Crippen molar-refractivity contribution in [1.82, 2.24) is 14.9 Å². The van der Waals surface area contributed by atoms with Gasteiger partial charge in [-0.15, -0.1) is 0 Å². The minimum atomic E-state index is -0.731. The first-order chi connectivity index (χ1) is 11.7. The lowest BCUT2D eigenvalue weighted by atomic mass is 10.2. The van der Waals surface area contributed by atoms with Gasteiger partial charge in [-0.05, 0) is 12.1 Å². The zero-order valence-electron chi connectivity index (χ0n) is 13.6. The number of hydrogen-bond donors (Lipinski definition) is 0. The zero-order chi connectivity index (χ0) is 16.5. The van der Waals surface area contributed by atoms with Crippen molar-refractivity contribution in [3.63, 3.8) is 0 Å². The van der Waals surface area contributed by atoms with Crippen LogP contribution in [0.25, 0.3) is 22.1 Å². The van der Waals surface area contributed by atoms with Crippen molar-refractivity contribution >= 4 is 38.7 Å². The Balaban J connectivity index is 1.58. The van der Waals surface area contributed by atoms with Gasteiger partial charge in [0.1, 0.15) is 17.4 Å². The van der Waals surface area contributed by atoms with E-state index in [0.29, 0.717) is 0 Å². The molecule has 0 amide bonds. The number of nitrogens with zero attached hydrogens (tertiary/aromatic N) is 4. The molecule has 2 aromatic heterocycles. The van der Waals surface area contributed by atoms with Crippen LogP contribution in [0.15, 0.2) is 35.0 Å². The molecular weight excluding hydrogens is 324 g/mol. The Morgan fingerprint density at radius 3 is 2.75 bits per heavy atom. The summed E-state index contributed by atoms with van der Waals surface area (Å²) in [6, 6.07) is 7.95. The molecule has 3 aromatic rings. The second-order valence-corrected chi connectivity index (χ2v) is 7.63. The standard InChI is InChI=1S/C17H20N4O2S/c1-24(22)11-10-20-6-8-21(9-7-20)17-16-15(18-12-19-17)13-4-2-3-5-14(13)23-16/h2-5,12H,6-11H2,1H3/t24-/m0/s1. The van der Waals surface area contributed by atoms with E-state index in [1.807, 2.05) is 24.3 Å². The van der Waals surface area contributed by atoms with Crippen LogP contribution in [0.2, 0.25) is 0 Å². The molecule has 1 aliphatic rings. The van der Waals surface area contributed by atoms with Gasteiger partial charge in [0, 0.05) is 60.9 Å². The van der Waals surface area contributed by atoms with E-state index in [-0.39, 0.29) is 0 Å². The van der Waals surface area contributed by atoms with E-state index in [1.165, 1.54) is 0 Å². The molecule has 0 radical (unpaired) electrons. The van der Waals surface area contributed by atoms with Gasteiger partial charge in [-0.1, -0.05) is 12.1 Å². The number of hydrogen-bond acceptors (Lipinski definition) is 6. The number of benzene rings is 1. The summed E-state index contributed by atoms with van der Waals surface area (Å²) in [5, 5.41) is 1.03. The average Bonchev–Trinajstić information content (AvgIpc) is 2.99. The van der Waals surface area contributed by atoms with E-state index >= 15 is 0 Å². The summed E-state index contributed by atoms with van der Waals surface area (Å²) >= 11 is 0. The molecule has 0 spiro atoms. The molecule has 126 valence electrons. The number of fused-ring (bicyclic) bond motifs is 3. The molecule has 6 nitrogen and oxygen atoms in total. The van der Waals surface area contributed by atoms with E-state index < -0.39 is 10.8 Å². The number of aromatic nitrogens is 2. The highest BCUT2D eigenvalue weighted by molar-refractivity contribution is 7.84. The van der Waals surface area contributed by atoms with Crippen molar-refractivity contribution in [1.29, 1.82) is 0 Å². The van der Waals surface area contributed by atoms with Crippen molar-refractivity contribution < 1.29 is 8.63 Å². The lowest BCUT2D eigenvalue weighted by molar-refractivity contribution is 0.272. The smallest absolute Gasteiger partial charge is 0.196 e. The maximum absolute atomic E-state index is 11.2. The number of anilines is 1. The van der Waals surface area contributed by atoms with Gasteiger partial charge in [-0.3, -0.25) is 9.11 Å². The Hall–Kier alpha value is -1.99. The summed E-state index contributed by atoms with van der Waals surface area (Å²) in [6.07, 6.45) is 3.38. The zero-order valence-corrected chi connectivity index (χ0v) is 14.5. The Bertz CT molecular complexity index is 887. The van der Waals surface area contributed by atoms with Crippen LogP contribution < -0.4 is 4.90 Å². The molecular formula is C17H20N4O2S. The molecule has 1 fully saturated rings. The molecule has 1 saturated heterocycles. The maximum Gasteiger partial charge on any atom is 0.196 e. The largest absolute Gasteiger partial charge is 0.450 e. The Morgan fingerprint density at radius 1 is 1.17 bits per heavy atom. The first kappa shape index (κ1) is 15.5. The summed E-state index contributed by atoms with van der Waals surface area (Å²) in [5.41, 5.74) is 2.49. The summed E-state index contributed by atoms with van der Waals surface area (Å²) in [5.74, 6) is 1.61. The fraction of sp³-hybridized carbons (Fsp3) is 0.412. The maximum atomic E-state index is 11.2. The third-order valence-corrected chi connectivity index (χ3v) is 5.26. The Labute approximate surface area is 142 Å². The fourth-order valence-electron chi connectivity index (χ4n) is 3.18. The molecule has 7 heteroatoms. The van der Waals surface area contributed by atoms with Crippen molar-refractivity contribution in [2.24, 2.45) is 0 Å². The monoisotopic (exact) mass is 344 g/mol. The van der Waals surface area contributed by atoms with Crippen LogP contribution in [0, 0.1) is 0 Å². The molecule has 0 saturated carbocycles. The van der Waals surface area contributed by atoms with Crippen molar-refractivity contribution in [3.8, 4) is 0 Å². The third-order valence-electron chi connectivity index (χ3n) is 4.51. The van der Waals surface area contributed by atoms with Gasteiger partial charge in [0.25, 0.3) is 0 Å². The highest BCUT2D eigenvalue weighted by Crippen LogP contribution is 2.32. The third kappa shape index (κ3) is 2.89. The number of para-hydroxylation sites is 1. The van der Waals surface area contributed by atoms with Gasteiger partial charge >= 0.3 is 0 Å². The molecule has 0 aliphatic carbocycles. The number of rotatable bonds is 4. The van der Waals surface area contributed by atoms with Crippen molar-refractivity contribution in [2.75, 3.05) is 49.6 Å². The van der Waals surface area contributed by atoms with Gasteiger partial charge < -0.3 is 9.32 Å². The molecule has 0 N–H and O–H groups in total. The first-order valence-corrected chi connectivity index (χ1v) is 9.84. The van der Waals surface area contributed by atoms with Gasteiger partial charge in [0.05, 0.1) is 0 Å². The summed E-state index contributed by atoms with van der Waals surface area (Å²) < 4.78 is 17.3. The highest BCUT2D eigenvalue weighted by atomic mass is 32.2. The molecule has 1 atom stereocenters. The normalized spacial score (nSPS) is 17.6. The van der Waals surface area contributed by atoms with Gasteiger partial charge in [-0.2, -0.15) is 0 Å². The van der Waals surface area contributed by atoms with E-state index in [0.717, 1.165) is 66.4 Å². The summed E-state index contributed by atoms with van der Waals surface area (Å²) in [6.45, 7) is 4.56. The lowest BCUT2D eigenvalue weighted by Gasteiger charge is -2.35. The molecule has 1 aliphatic heterocycles. The van der Waals surface area contributed by atoms with Crippen LogP contribution in [0.3, 0.4) is 0 Å². The van der Waals surface area contributed by atoms with Crippen LogP contribution in [0.4, 0.5) is 5.82 Å². The quantitative estimate of drug-likeness (QED) is 0.720. The van der Waals surface area contributed by atoms with E-state index in [2.05, 4.69) is 19.8 Å². The van der Waals surface area contributed by atoms with E-state index in [9.17, 15) is 4.21 Å². The Kier molecular flexibility index (Phi) is 4.20. The predicted molar refractivity (Wildman–Crippen MR) is 96.9 cm³/mol. The first-order valence-electron chi connectivity index (χ1n) is 8.12. The minimum Gasteiger partial charge on any atom is -0.450 e. The molecule has 24 heavy (non-hydrogen) atoms. The average molecular weight is 344 g/mol. The minimum absolute atomic E-state index is 0.731. The van der Waals surface area contributed by atoms with Crippen LogP contribution in [0.5, 0.6) is 0 Å². The van der Waals surface area contributed by atoms with Gasteiger partial charge in [0.15, 0.2) is 11.4 Å². The van der Waals surface area contributed by atoms with Gasteiger partial charge in [0.2, 0.25) is 0 Å². The SMILES string of the molecule is C[S@](=O)CCN1CCN(c2ncnc3c2oc2ccccc23)CC1. The number of furan rings is 1. The Morgan fingerprint density at radius 2 is 1.96 bits per heavy atom. The van der Waals surface area contributed by atoms with Crippen LogP contribution in [-0.2, 0) is 10.8 Å². The predicted octanol–water partition coefficient (Wildman–Crippen LogP) is 1.88. The molecule has 0 unspecified atom stereocenters. The fourth-order valence-corrected chi connectivity index (χ4v) is 3.69. The molecule has 3 heterocycles. The summed E-state index contributed by atoms with van der Waals surface area (Å²) in [7, 11) is -0.731. The second kappa shape index (κ2) is 6.49. The van der Waals surface area contributed by atoms with Gasteiger partial charge in [-0.25, -0.2) is 9.97 Å². The molecule has 1 aromatic carbocycles. The molecule has 4 rings (SSSR count). The van der Waals surface area contributed by atoms with Crippen LogP contribution >= 0.6 is 0 Å². The van der Waals surface area contributed by atoms with E-state index in [1.54, 1.807) is 12.6 Å². The van der Waals surface area contributed by atoms with Crippen LogP contribution in [-0.4, -0.2) is 63.8 Å². The van der Waals surface area contributed by atoms with E-state index in [4.69, 9.17) is 4.42 Å². The van der Waals surface area contributed by atoms with Crippen LogP contribution in [0.1, 0.15) is 0 Å². The number of piperazine rings is 1. The van der Waals surface area contributed by atoms with Crippen molar-refractivity contribution in [3.05, 3.63) is 30.6 Å². The highest BCUT2D eigenvalue weighted by Gasteiger charge is 2.22. The lowest BCUT2D eigenvalue weighted by Crippen LogP contribution is -2.47. The second-order valence-electron chi connectivity index (χ2n) is 6.08. The summed E-state index contributed by atoms with van der Waals surface area (Å²) in [4.78, 5) is 13.5. The van der Waals surface area contributed by atoms with Crippen molar-refractivity contribution in [2.45, 2.75) is 0 Å². The molecule has 0 bridgehead atoms.